The Hall–Kier alpha value is -3.93. The van der Waals surface area contributed by atoms with Crippen molar-refractivity contribution in [1.29, 1.82) is 0 Å². The van der Waals surface area contributed by atoms with Crippen LogP contribution in [0.2, 0.25) is 0 Å². The van der Waals surface area contributed by atoms with Gasteiger partial charge in [-0.1, -0.05) is 35.9 Å². The molecule has 0 aliphatic carbocycles. The average molecular weight is 456 g/mol. The molecule has 1 saturated heterocycles. The van der Waals surface area contributed by atoms with Crippen molar-refractivity contribution in [2.24, 2.45) is 5.92 Å². The maximum Gasteiger partial charge on any atom is 0.255 e. The zero-order chi connectivity index (χ0) is 24.4. The topological polar surface area (TPSA) is 78.5 Å². The summed E-state index contributed by atoms with van der Waals surface area (Å²) >= 11 is 0. The van der Waals surface area contributed by atoms with Crippen LogP contribution in [0.4, 0.5) is 17.1 Å². The lowest BCUT2D eigenvalue weighted by Crippen LogP contribution is -2.28. The van der Waals surface area contributed by atoms with Crippen LogP contribution in [0.25, 0.3) is 0 Å². The highest BCUT2D eigenvalue weighted by Crippen LogP contribution is 2.30. The molecule has 0 aromatic heterocycles. The molecule has 1 atom stereocenters. The molecule has 1 aliphatic rings. The number of amides is 3. The maximum atomic E-state index is 12.9. The first kappa shape index (κ1) is 23.2. The lowest BCUT2D eigenvalue weighted by molar-refractivity contribution is -0.122. The number of benzene rings is 3. The predicted octanol–water partition coefficient (Wildman–Crippen LogP) is 5.16. The number of rotatable bonds is 5. The Morgan fingerprint density at radius 2 is 1.65 bits per heavy atom. The summed E-state index contributed by atoms with van der Waals surface area (Å²) in [7, 11) is 0. The van der Waals surface area contributed by atoms with Gasteiger partial charge in [0, 0.05) is 35.6 Å². The SMILES string of the molecule is Cc1ccc(NC(=O)c2cccc(NC(=O)[C@@H]3CC(=O)N(c4cccc(C)c4C)C3)c2)c(C)c1. The summed E-state index contributed by atoms with van der Waals surface area (Å²) in [6, 6.07) is 18.5. The lowest BCUT2D eigenvalue weighted by Gasteiger charge is -2.20. The standard InChI is InChI=1S/C28H29N3O3/c1-17-11-12-24(19(3)13-17)30-27(33)21-8-6-9-23(14-21)29-28(34)22-15-26(32)31(16-22)25-10-5-7-18(2)20(25)4/h5-14,22H,15-16H2,1-4H3,(H,29,34)(H,30,33)/t22-/m1/s1. The zero-order valence-electron chi connectivity index (χ0n) is 19.9. The summed E-state index contributed by atoms with van der Waals surface area (Å²) in [6.45, 7) is 8.28. The second kappa shape index (κ2) is 9.51. The van der Waals surface area contributed by atoms with E-state index in [1.807, 2.05) is 64.1 Å². The molecule has 3 aromatic carbocycles. The van der Waals surface area contributed by atoms with Crippen molar-refractivity contribution in [3.05, 3.63) is 88.5 Å². The predicted molar refractivity (Wildman–Crippen MR) is 135 cm³/mol. The molecule has 0 bridgehead atoms. The van der Waals surface area contributed by atoms with Gasteiger partial charge in [-0.05, 0) is 74.7 Å². The van der Waals surface area contributed by atoms with Crippen molar-refractivity contribution in [2.45, 2.75) is 34.1 Å². The number of hydrogen-bond acceptors (Lipinski definition) is 3. The molecule has 2 N–H and O–H groups in total. The highest BCUT2D eigenvalue weighted by atomic mass is 16.2. The van der Waals surface area contributed by atoms with E-state index in [4.69, 9.17) is 0 Å². The third kappa shape index (κ3) is 4.86. The van der Waals surface area contributed by atoms with Gasteiger partial charge in [0.25, 0.3) is 5.91 Å². The molecule has 0 unspecified atom stereocenters. The Morgan fingerprint density at radius 3 is 2.41 bits per heavy atom. The van der Waals surface area contributed by atoms with E-state index in [2.05, 4.69) is 10.6 Å². The Labute approximate surface area is 200 Å². The molecule has 6 heteroatoms. The zero-order valence-corrected chi connectivity index (χ0v) is 19.9. The minimum atomic E-state index is -0.458. The van der Waals surface area contributed by atoms with E-state index in [0.717, 1.165) is 33.6 Å². The van der Waals surface area contributed by atoms with E-state index in [1.165, 1.54) is 0 Å². The van der Waals surface area contributed by atoms with Crippen molar-refractivity contribution in [1.82, 2.24) is 0 Å². The highest BCUT2D eigenvalue weighted by molar-refractivity contribution is 6.07. The molecule has 0 spiro atoms. The molecule has 0 saturated carbocycles. The van der Waals surface area contributed by atoms with Crippen molar-refractivity contribution in [3.8, 4) is 0 Å². The molecule has 174 valence electrons. The molecule has 1 aliphatic heterocycles. The molecule has 34 heavy (non-hydrogen) atoms. The lowest BCUT2D eigenvalue weighted by atomic mass is 10.1. The van der Waals surface area contributed by atoms with Crippen LogP contribution in [0, 0.1) is 33.6 Å². The summed E-state index contributed by atoms with van der Waals surface area (Å²) in [6.07, 6.45) is 0.159. The smallest absolute Gasteiger partial charge is 0.255 e. The van der Waals surface area contributed by atoms with Crippen molar-refractivity contribution in [2.75, 3.05) is 22.1 Å². The van der Waals surface area contributed by atoms with E-state index < -0.39 is 5.92 Å². The Kier molecular flexibility index (Phi) is 6.50. The number of carbonyl (C=O) groups excluding carboxylic acids is 3. The van der Waals surface area contributed by atoms with Gasteiger partial charge in [-0.2, -0.15) is 0 Å². The van der Waals surface area contributed by atoms with Crippen LogP contribution in [0.5, 0.6) is 0 Å². The minimum Gasteiger partial charge on any atom is -0.326 e. The molecule has 1 heterocycles. The molecular formula is C28H29N3O3. The minimum absolute atomic E-state index is 0.0598. The van der Waals surface area contributed by atoms with Crippen LogP contribution in [0.3, 0.4) is 0 Å². The van der Waals surface area contributed by atoms with Crippen LogP contribution in [-0.4, -0.2) is 24.3 Å². The monoisotopic (exact) mass is 455 g/mol. The number of nitrogens with zero attached hydrogens (tertiary/aromatic N) is 1. The van der Waals surface area contributed by atoms with Gasteiger partial charge in [0.2, 0.25) is 11.8 Å². The van der Waals surface area contributed by atoms with E-state index in [9.17, 15) is 14.4 Å². The highest BCUT2D eigenvalue weighted by Gasteiger charge is 2.35. The Morgan fingerprint density at radius 1 is 0.882 bits per heavy atom. The molecule has 6 nitrogen and oxygen atoms in total. The molecular weight excluding hydrogens is 426 g/mol. The number of carbonyl (C=O) groups is 3. The third-order valence-corrected chi connectivity index (χ3v) is 6.39. The normalized spacial score (nSPS) is 15.4. The number of aryl methyl sites for hydroxylation is 3. The second-order valence-corrected chi connectivity index (χ2v) is 8.97. The van der Waals surface area contributed by atoms with Crippen molar-refractivity contribution in [3.63, 3.8) is 0 Å². The molecule has 4 rings (SSSR count). The van der Waals surface area contributed by atoms with Crippen LogP contribution in [-0.2, 0) is 9.59 Å². The van der Waals surface area contributed by atoms with Gasteiger partial charge in [0.05, 0.1) is 5.92 Å². The molecule has 0 radical (unpaired) electrons. The third-order valence-electron chi connectivity index (χ3n) is 6.39. The second-order valence-electron chi connectivity index (χ2n) is 8.97. The van der Waals surface area contributed by atoms with Gasteiger partial charge in [-0.25, -0.2) is 0 Å². The summed E-state index contributed by atoms with van der Waals surface area (Å²) < 4.78 is 0. The summed E-state index contributed by atoms with van der Waals surface area (Å²) in [5, 5.41) is 5.81. The Bertz CT molecular complexity index is 1280. The van der Waals surface area contributed by atoms with E-state index >= 15 is 0 Å². The fraction of sp³-hybridized carbons (Fsp3) is 0.250. The fourth-order valence-electron chi connectivity index (χ4n) is 4.27. The maximum absolute atomic E-state index is 12.9. The largest absolute Gasteiger partial charge is 0.326 e. The van der Waals surface area contributed by atoms with Crippen LogP contribution < -0.4 is 15.5 Å². The number of hydrogen-bond donors (Lipinski definition) is 2. The fourth-order valence-corrected chi connectivity index (χ4v) is 4.27. The van der Waals surface area contributed by atoms with E-state index in [1.54, 1.807) is 29.2 Å². The van der Waals surface area contributed by atoms with Crippen LogP contribution in [0.15, 0.2) is 60.7 Å². The van der Waals surface area contributed by atoms with Crippen molar-refractivity contribution >= 4 is 34.8 Å². The number of anilines is 3. The molecule has 3 aromatic rings. The van der Waals surface area contributed by atoms with Gasteiger partial charge in [-0.3, -0.25) is 14.4 Å². The summed E-state index contributed by atoms with van der Waals surface area (Å²) in [5.41, 5.74) is 6.83. The van der Waals surface area contributed by atoms with E-state index in [-0.39, 0.29) is 24.1 Å². The molecule has 1 fully saturated rings. The van der Waals surface area contributed by atoms with Gasteiger partial charge in [0.15, 0.2) is 0 Å². The van der Waals surface area contributed by atoms with Crippen LogP contribution in [0.1, 0.15) is 39.0 Å². The van der Waals surface area contributed by atoms with Crippen LogP contribution >= 0.6 is 0 Å². The number of nitrogens with one attached hydrogen (secondary N) is 2. The van der Waals surface area contributed by atoms with Gasteiger partial charge in [0.1, 0.15) is 0 Å². The summed E-state index contributed by atoms with van der Waals surface area (Å²) in [4.78, 5) is 40.1. The Balaban J connectivity index is 1.44. The summed E-state index contributed by atoms with van der Waals surface area (Å²) in [5.74, 6) is -0.996. The quantitative estimate of drug-likeness (QED) is 0.558. The van der Waals surface area contributed by atoms with Gasteiger partial charge in [-0.15, -0.1) is 0 Å². The first-order valence-corrected chi connectivity index (χ1v) is 11.4. The first-order chi connectivity index (χ1) is 16.2. The van der Waals surface area contributed by atoms with Crippen molar-refractivity contribution < 1.29 is 14.4 Å². The average Bonchev–Trinajstić information content (AvgIpc) is 3.19. The van der Waals surface area contributed by atoms with Gasteiger partial charge < -0.3 is 15.5 Å². The first-order valence-electron chi connectivity index (χ1n) is 11.4. The van der Waals surface area contributed by atoms with E-state index in [0.29, 0.717) is 17.8 Å². The van der Waals surface area contributed by atoms with Gasteiger partial charge >= 0.3 is 0 Å². The molecule has 3 amide bonds.